The fourth-order valence-electron chi connectivity index (χ4n) is 1.47. The molecule has 1 heterocycles. The van der Waals surface area contributed by atoms with Gasteiger partial charge in [0.05, 0.1) is 0 Å². The van der Waals surface area contributed by atoms with Gasteiger partial charge in [0.2, 0.25) is 0 Å². The molecular formula is C9H12N2O. The summed E-state index contributed by atoms with van der Waals surface area (Å²) >= 11 is 0. The van der Waals surface area contributed by atoms with E-state index in [9.17, 15) is 4.79 Å². The number of aromatic nitrogens is 2. The Labute approximate surface area is 71.4 Å². The molecule has 1 aromatic rings. The third-order valence-electron chi connectivity index (χ3n) is 2.25. The summed E-state index contributed by atoms with van der Waals surface area (Å²) in [6.07, 6.45) is 3.33. The van der Waals surface area contributed by atoms with Crippen LogP contribution in [-0.4, -0.2) is 16.1 Å². The number of hydrogen-bond donors (Lipinski definition) is 0. The van der Waals surface area contributed by atoms with E-state index in [2.05, 4.69) is 5.10 Å². The van der Waals surface area contributed by atoms with Crippen molar-refractivity contribution in [3.63, 3.8) is 0 Å². The maximum Gasteiger partial charge on any atom is 0.170 e. The Bertz CT molecular complexity index is 299. The van der Waals surface area contributed by atoms with Crippen LogP contribution in [0.5, 0.6) is 0 Å². The largest absolute Gasteiger partial charge is 0.296 e. The Morgan fingerprint density at radius 2 is 2.50 bits per heavy atom. The van der Waals surface area contributed by atoms with Gasteiger partial charge in [-0.05, 0) is 25.8 Å². The summed E-state index contributed by atoms with van der Waals surface area (Å²) in [4.78, 5) is 10.5. The zero-order valence-corrected chi connectivity index (χ0v) is 7.16. The SMILES string of the molecule is CCn1nc(C=O)cc1C1CC1. The van der Waals surface area contributed by atoms with Crippen molar-refractivity contribution >= 4 is 6.29 Å². The molecule has 0 spiro atoms. The number of carbonyl (C=O) groups excluding carboxylic acids is 1. The second-order valence-electron chi connectivity index (χ2n) is 3.20. The molecule has 0 bridgehead atoms. The Hall–Kier alpha value is -1.12. The zero-order valence-electron chi connectivity index (χ0n) is 7.16. The molecule has 12 heavy (non-hydrogen) atoms. The summed E-state index contributed by atoms with van der Waals surface area (Å²) in [5, 5.41) is 4.16. The van der Waals surface area contributed by atoms with Crippen LogP contribution in [0, 0.1) is 0 Å². The Morgan fingerprint density at radius 3 is 3.00 bits per heavy atom. The van der Waals surface area contributed by atoms with Gasteiger partial charge in [-0.25, -0.2) is 0 Å². The quantitative estimate of drug-likeness (QED) is 0.636. The van der Waals surface area contributed by atoms with Crippen LogP contribution in [0.3, 0.4) is 0 Å². The highest BCUT2D eigenvalue weighted by Crippen LogP contribution is 2.40. The fraction of sp³-hybridized carbons (Fsp3) is 0.556. The zero-order chi connectivity index (χ0) is 8.55. The van der Waals surface area contributed by atoms with Gasteiger partial charge in [0.1, 0.15) is 5.69 Å². The maximum absolute atomic E-state index is 10.5. The predicted molar refractivity (Wildman–Crippen MR) is 45.3 cm³/mol. The van der Waals surface area contributed by atoms with Gasteiger partial charge >= 0.3 is 0 Å². The van der Waals surface area contributed by atoms with Crippen LogP contribution < -0.4 is 0 Å². The predicted octanol–water partition coefficient (Wildman–Crippen LogP) is 1.59. The summed E-state index contributed by atoms with van der Waals surface area (Å²) in [5.74, 6) is 0.672. The summed E-state index contributed by atoms with van der Waals surface area (Å²) < 4.78 is 1.93. The molecule has 0 unspecified atom stereocenters. The highest BCUT2D eigenvalue weighted by molar-refractivity contribution is 5.71. The number of aldehydes is 1. The monoisotopic (exact) mass is 164 g/mol. The molecule has 1 aliphatic rings. The van der Waals surface area contributed by atoms with Crippen LogP contribution in [0.1, 0.15) is 41.9 Å². The van der Waals surface area contributed by atoms with Crippen LogP contribution in [0.4, 0.5) is 0 Å². The third-order valence-corrected chi connectivity index (χ3v) is 2.25. The van der Waals surface area contributed by atoms with E-state index >= 15 is 0 Å². The fourth-order valence-corrected chi connectivity index (χ4v) is 1.47. The average molecular weight is 164 g/mol. The number of aryl methyl sites for hydroxylation is 1. The normalized spacial score (nSPS) is 16.4. The minimum absolute atomic E-state index is 0.568. The molecule has 0 aromatic carbocycles. The van der Waals surface area contributed by atoms with Crippen LogP contribution in [0.15, 0.2) is 6.07 Å². The lowest BCUT2D eigenvalue weighted by Crippen LogP contribution is -2.01. The standard InChI is InChI=1S/C9H12N2O/c1-2-11-9(7-3-4-7)5-8(6-12)10-11/h5-7H,2-4H2,1H3. The minimum Gasteiger partial charge on any atom is -0.296 e. The van der Waals surface area contributed by atoms with Gasteiger partial charge in [-0.2, -0.15) is 5.10 Å². The van der Waals surface area contributed by atoms with E-state index in [1.54, 1.807) is 0 Å². The molecule has 0 atom stereocenters. The Balaban J connectivity index is 2.35. The molecule has 0 radical (unpaired) electrons. The second kappa shape index (κ2) is 2.73. The van der Waals surface area contributed by atoms with Crippen molar-refractivity contribution in [3.05, 3.63) is 17.5 Å². The molecule has 0 N–H and O–H groups in total. The first-order valence-electron chi connectivity index (χ1n) is 4.38. The molecule has 2 rings (SSSR count). The first kappa shape index (κ1) is 7.53. The van der Waals surface area contributed by atoms with Crippen molar-refractivity contribution in [1.82, 2.24) is 9.78 Å². The summed E-state index contributed by atoms with van der Waals surface area (Å²) in [7, 11) is 0. The van der Waals surface area contributed by atoms with Crippen LogP contribution >= 0.6 is 0 Å². The van der Waals surface area contributed by atoms with Crippen LogP contribution in [0.2, 0.25) is 0 Å². The van der Waals surface area contributed by atoms with Crippen molar-refractivity contribution in [2.45, 2.75) is 32.2 Å². The van der Waals surface area contributed by atoms with E-state index < -0.39 is 0 Å². The first-order chi connectivity index (χ1) is 5.85. The van der Waals surface area contributed by atoms with Gasteiger partial charge in [-0.3, -0.25) is 9.48 Å². The summed E-state index contributed by atoms with van der Waals surface area (Å²) in [6, 6.07) is 1.91. The van der Waals surface area contributed by atoms with E-state index in [1.807, 2.05) is 17.7 Å². The van der Waals surface area contributed by atoms with Crippen LogP contribution in [0.25, 0.3) is 0 Å². The number of carbonyl (C=O) groups is 1. The maximum atomic E-state index is 10.5. The average Bonchev–Trinajstić information content (AvgIpc) is 2.85. The lowest BCUT2D eigenvalue weighted by molar-refractivity contribution is 0.111. The molecular weight excluding hydrogens is 152 g/mol. The second-order valence-corrected chi connectivity index (χ2v) is 3.20. The van der Waals surface area contributed by atoms with E-state index in [4.69, 9.17) is 0 Å². The van der Waals surface area contributed by atoms with Crippen molar-refractivity contribution < 1.29 is 4.79 Å². The van der Waals surface area contributed by atoms with Crippen molar-refractivity contribution in [1.29, 1.82) is 0 Å². The topological polar surface area (TPSA) is 34.9 Å². The molecule has 3 heteroatoms. The van der Waals surface area contributed by atoms with Gasteiger partial charge in [0.15, 0.2) is 6.29 Å². The van der Waals surface area contributed by atoms with Crippen LogP contribution in [-0.2, 0) is 6.54 Å². The molecule has 3 nitrogen and oxygen atoms in total. The molecule has 1 saturated carbocycles. The molecule has 1 aromatic heterocycles. The highest BCUT2D eigenvalue weighted by atomic mass is 16.1. The number of rotatable bonds is 3. The summed E-state index contributed by atoms with van der Waals surface area (Å²) in [6.45, 7) is 2.91. The summed E-state index contributed by atoms with van der Waals surface area (Å²) in [5.41, 5.74) is 1.80. The number of hydrogen-bond acceptors (Lipinski definition) is 2. The van der Waals surface area contributed by atoms with E-state index in [0.29, 0.717) is 11.6 Å². The smallest absolute Gasteiger partial charge is 0.170 e. The van der Waals surface area contributed by atoms with Crippen molar-refractivity contribution in [3.8, 4) is 0 Å². The molecule has 0 saturated heterocycles. The lowest BCUT2D eigenvalue weighted by atomic mass is 10.2. The van der Waals surface area contributed by atoms with E-state index in [1.165, 1.54) is 18.5 Å². The lowest BCUT2D eigenvalue weighted by Gasteiger charge is -2.00. The third kappa shape index (κ3) is 1.15. The van der Waals surface area contributed by atoms with E-state index in [-0.39, 0.29) is 0 Å². The van der Waals surface area contributed by atoms with Gasteiger partial charge in [0, 0.05) is 18.2 Å². The first-order valence-corrected chi connectivity index (χ1v) is 4.38. The molecule has 1 fully saturated rings. The van der Waals surface area contributed by atoms with E-state index in [0.717, 1.165) is 12.8 Å². The van der Waals surface area contributed by atoms with Crippen molar-refractivity contribution in [2.75, 3.05) is 0 Å². The Kier molecular flexibility index (Phi) is 1.71. The Morgan fingerprint density at radius 1 is 1.75 bits per heavy atom. The molecule has 0 amide bonds. The highest BCUT2D eigenvalue weighted by Gasteiger charge is 2.27. The van der Waals surface area contributed by atoms with Gasteiger partial charge in [-0.15, -0.1) is 0 Å². The minimum atomic E-state index is 0.568. The van der Waals surface area contributed by atoms with Gasteiger partial charge < -0.3 is 0 Å². The number of nitrogens with zero attached hydrogens (tertiary/aromatic N) is 2. The molecule has 64 valence electrons. The van der Waals surface area contributed by atoms with Crippen molar-refractivity contribution in [2.24, 2.45) is 0 Å². The van der Waals surface area contributed by atoms with Gasteiger partial charge in [0.25, 0.3) is 0 Å². The molecule has 0 aliphatic heterocycles. The van der Waals surface area contributed by atoms with Gasteiger partial charge in [-0.1, -0.05) is 0 Å². The molecule has 1 aliphatic carbocycles.